The standard InChI is InChI=1S/C37H41Cl2N3O5S/c1-6-27(4)40-37(44)34(22-28-11-8-7-9-12-28)41(23-30-31(38)13-10-14-32(30)39)36(43)24-42(33-21-26(3)17-20-35(33)47-5)48(45,46)29-18-15-25(2)16-19-29/h7-21,27,34H,6,22-24H2,1-5H3,(H,40,44)/t27-,34-/m0/s1. The molecule has 0 bridgehead atoms. The first-order valence-electron chi connectivity index (χ1n) is 15.7. The Morgan fingerprint density at radius 1 is 0.875 bits per heavy atom. The molecule has 0 saturated heterocycles. The summed E-state index contributed by atoms with van der Waals surface area (Å²) >= 11 is 13.2. The van der Waals surface area contributed by atoms with Gasteiger partial charge in [0.15, 0.2) is 0 Å². The number of benzene rings is 4. The van der Waals surface area contributed by atoms with Crippen LogP contribution >= 0.6 is 23.2 Å². The van der Waals surface area contributed by atoms with Crippen molar-refractivity contribution < 1.29 is 22.7 Å². The molecule has 8 nitrogen and oxygen atoms in total. The van der Waals surface area contributed by atoms with E-state index in [1.807, 2.05) is 58.0 Å². The van der Waals surface area contributed by atoms with Crippen molar-refractivity contribution >= 4 is 50.7 Å². The van der Waals surface area contributed by atoms with E-state index in [-0.39, 0.29) is 41.2 Å². The lowest BCUT2D eigenvalue weighted by Crippen LogP contribution is -2.54. The molecule has 2 atom stereocenters. The number of nitrogens with zero attached hydrogens (tertiary/aromatic N) is 2. The molecule has 0 fully saturated rings. The van der Waals surface area contributed by atoms with Gasteiger partial charge in [-0.1, -0.05) is 90.3 Å². The average molecular weight is 711 g/mol. The zero-order chi connectivity index (χ0) is 35.0. The monoisotopic (exact) mass is 709 g/mol. The molecule has 2 amide bonds. The number of sulfonamides is 1. The van der Waals surface area contributed by atoms with Crippen molar-refractivity contribution in [3.63, 3.8) is 0 Å². The number of anilines is 1. The van der Waals surface area contributed by atoms with Crippen LogP contribution in [0.4, 0.5) is 5.69 Å². The second-order valence-corrected chi connectivity index (χ2v) is 14.4. The molecule has 0 heterocycles. The van der Waals surface area contributed by atoms with Gasteiger partial charge < -0.3 is 15.0 Å². The number of nitrogens with one attached hydrogen (secondary N) is 1. The third-order valence-electron chi connectivity index (χ3n) is 8.15. The fourth-order valence-corrected chi connectivity index (χ4v) is 7.13. The van der Waals surface area contributed by atoms with Gasteiger partial charge >= 0.3 is 0 Å². The van der Waals surface area contributed by atoms with Crippen LogP contribution in [0, 0.1) is 13.8 Å². The largest absolute Gasteiger partial charge is 0.495 e. The van der Waals surface area contributed by atoms with Crippen LogP contribution < -0.4 is 14.4 Å². The van der Waals surface area contributed by atoms with Crippen molar-refractivity contribution in [1.82, 2.24) is 10.2 Å². The zero-order valence-electron chi connectivity index (χ0n) is 27.7. The molecule has 0 unspecified atom stereocenters. The van der Waals surface area contributed by atoms with Gasteiger partial charge in [-0.25, -0.2) is 8.42 Å². The lowest BCUT2D eigenvalue weighted by molar-refractivity contribution is -0.140. The molecule has 0 radical (unpaired) electrons. The number of amides is 2. The predicted molar refractivity (Wildman–Crippen MR) is 192 cm³/mol. The Hall–Kier alpha value is -4.05. The summed E-state index contributed by atoms with van der Waals surface area (Å²) in [7, 11) is -2.87. The Bertz CT molecular complexity index is 1820. The number of hydrogen-bond acceptors (Lipinski definition) is 5. The molecule has 11 heteroatoms. The summed E-state index contributed by atoms with van der Waals surface area (Å²) in [6.45, 7) is 6.73. The van der Waals surface area contributed by atoms with Gasteiger partial charge in [-0.15, -0.1) is 0 Å². The molecule has 4 aromatic rings. The third-order valence-corrected chi connectivity index (χ3v) is 10.6. The third kappa shape index (κ3) is 8.89. The Kier molecular flexibility index (Phi) is 12.5. The van der Waals surface area contributed by atoms with Crippen LogP contribution in [-0.2, 0) is 32.6 Å². The highest BCUT2D eigenvalue weighted by atomic mass is 35.5. The molecule has 0 aliphatic rings. The number of halogens is 2. The SMILES string of the molecule is CC[C@H](C)NC(=O)[C@H](Cc1ccccc1)N(Cc1c(Cl)cccc1Cl)C(=O)CN(c1cc(C)ccc1OC)S(=O)(=O)c1ccc(C)cc1. The maximum atomic E-state index is 14.8. The van der Waals surface area contributed by atoms with E-state index >= 15 is 0 Å². The van der Waals surface area contributed by atoms with Gasteiger partial charge in [-0.3, -0.25) is 13.9 Å². The molecule has 48 heavy (non-hydrogen) atoms. The Morgan fingerprint density at radius 3 is 2.10 bits per heavy atom. The van der Waals surface area contributed by atoms with Crippen LogP contribution in [0.3, 0.4) is 0 Å². The number of methoxy groups -OCH3 is 1. The molecule has 0 saturated carbocycles. The fourth-order valence-electron chi connectivity index (χ4n) is 5.19. The van der Waals surface area contributed by atoms with Crippen molar-refractivity contribution in [2.75, 3.05) is 18.0 Å². The van der Waals surface area contributed by atoms with E-state index in [0.29, 0.717) is 22.0 Å². The predicted octanol–water partition coefficient (Wildman–Crippen LogP) is 7.37. The maximum Gasteiger partial charge on any atom is 0.264 e. The van der Waals surface area contributed by atoms with Gasteiger partial charge in [0.1, 0.15) is 18.3 Å². The minimum absolute atomic E-state index is 0.000469. The second kappa shape index (κ2) is 16.4. The summed E-state index contributed by atoms with van der Waals surface area (Å²) in [4.78, 5) is 30.2. The quantitative estimate of drug-likeness (QED) is 0.148. The molecule has 0 spiro atoms. The highest BCUT2D eigenvalue weighted by molar-refractivity contribution is 7.92. The minimum atomic E-state index is -4.31. The van der Waals surface area contributed by atoms with Crippen molar-refractivity contribution in [2.45, 2.75) is 64.1 Å². The molecular formula is C37H41Cl2N3O5S. The summed E-state index contributed by atoms with van der Waals surface area (Å²) in [5, 5.41) is 3.64. The molecule has 4 aromatic carbocycles. The highest BCUT2D eigenvalue weighted by Gasteiger charge is 2.36. The molecule has 0 aliphatic heterocycles. The van der Waals surface area contributed by atoms with Gasteiger partial charge in [0.05, 0.1) is 17.7 Å². The molecule has 0 aliphatic carbocycles. The lowest BCUT2D eigenvalue weighted by atomic mass is 10.0. The second-order valence-electron chi connectivity index (χ2n) is 11.7. The molecule has 4 rings (SSSR count). The van der Waals surface area contributed by atoms with Gasteiger partial charge in [-0.2, -0.15) is 0 Å². The van der Waals surface area contributed by atoms with Gasteiger partial charge in [-0.05, 0) is 74.7 Å². The first-order valence-corrected chi connectivity index (χ1v) is 17.9. The van der Waals surface area contributed by atoms with E-state index in [9.17, 15) is 18.0 Å². The highest BCUT2D eigenvalue weighted by Crippen LogP contribution is 2.34. The summed E-state index contributed by atoms with van der Waals surface area (Å²) < 4.78 is 35.4. The van der Waals surface area contributed by atoms with E-state index in [1.54, 1.807) is 48.5 Å². The number of rotatable bonds is 14. The van der Waals surface area contributed by atoms with Crippen molar-refractivity contribution in [3.8, 4) is 5.75 Å². The Labute approximate surface area is 293 Å². The maximum absolute atomic E-state index is 14.8. The Balaban J connectivity index is 1.89. The molecule has 0 aromatic heterocycles. The first-order chi connectivity index (χ1) is 22.8. The van der Waals surface area contributed by atoms with E-state index < -0.39 is 28.5 Å². The van der Waals surface area contributed by atoms with Crippen LogP contribution in [0.2, 0.25) is 10.0 Å². The van der Waals surface area contributed by atoms with Crippen molar-refractivity contribution in [1.29, 1.82) is 0 Å². The number of aryl methyl sites for hydroxylation is 2. The zero-order valence-corrected chi connectivity index (χ0v) is 30.1. The van der Waals surface area contributed by atoms with Crippen molar-refractivity contribution in [2.24, 2.45) is 0 Å². The summed E-state index contributed by atoms with van der Waals surface area (Å²) in [6.07, 6.45) is 0.833. The van der Waals surface area contributed by atoms with Crippen LogP contribution in [0.25, 0.3) is 0 Å². The van der Waals surface area contributed by atoms with E-state index in [0.717, 1.165) is 21.0 Å². The topological polar surface area (TPSA) is 96.0 Å². The van der Waals surface area contributed by atoms with Gasteiger partial charge in [0.25, 0.3) is 10.0 Å². The van der Waals surface area contributed by atoms with Crippen LogP contribution in [0.15, 0.2) is 95.9 Å². The summed E-state index contributed by atoms with van der Waals surface area (Å²) in [6, 6.07) is 24.6. The van der Waals surface area contributed by atoms with E-state index in [2.05, 4.69) is 5.32 Å². The van der Waals surface area contributed by atoms with Crippen molar-refractivity contribution in [3.05, 3.63) is 123 Å². The molecular weight excluding hydrogens is 669 g/mol. The van der Waals surface area contributed by atoms with Crippen LogP contribution in [0.1, 0.15) is 42.5 Å². The number of carbonyl (C=O) groups excluding carboxylic acids is 2. The first kappa shape index (κ1) is 36.8. The summed E-state index contributed by atoms with van der Waals surface area (Å²) in [5.41, 5.74) is 3.07. The molecule has 254 valence electrons. The number of ether oxygens (including phenoxy) is 1. The minimum Gasteiger partial charge on any atom is -0.495 e. The van der Waals surface area contributed by atoms with Crippen LogP contribution in [-0.4, -0.2) is 50.9 Å². The van der Waals surface area contributed by atoms with E-state index in [1.165, 1.54) is 24.1 Å². The number of hydrogen-bond donors (Lipinski definition) is 1. The van der Waals surface area contributed by atoms with Crippen LogP contribution in [0.5, 0.6) is 5.75 Å². The normalized spacial score (nSPS) is 12.6. The number of carbonyl (C=O) groups is 2. The summed E-state index contributed by atoms with van der Waals surface area (Å²) in [5.74, 6) is -0.753. The van der Waals surface area contributed by atoms with Gasteiger partial charge in [0.2, 0.25) is 11.8 Å². The van der Waals surface area contributed by atoms with Gasteiger partial charge in [0, 0.05) is 34.6 Å². The average Bonchev–Trinajstić information content (AvgIpc) is 3.06. The van der Waals surface area contributed by atoms with E-state index in [4.69, 9.17) is 27.9 Å². The fraction of sp³-hybridized carbons (Fsp3) is 0.297. The Morgan fingerprint density at radius 2 is 1.50 bits per heavy atom. The lowest BCUT2D eigenvalue weighted by Gasteiger charge is -2.35. The molecule has 1 N–H and O–H groups in total. The smallest absolute Gasteiger partial charge is 0.264 e.